The van der Waals surface area contributed by atoms with Gasteiger partial charge in [-0.3, -0.25) is 13.9 Å². The van der Waals surface area contributed by atoms with E-state index in [0.29, 0.717) is 19.3 Å². The molecule has 144 valence electrons. The molecule has 0 radical (unpaired) electrons. The van der Waals surface area contributed by atoms with Crippen LogP contribution in [0.5, 0.6) is 0 Å². The maximum atomic E-state index is 12.8. The fourth-order valence-corrected chi connectivity index (χ4v) is 8.83. The van der Waals surface area contributed by atoms with Gasteiger partial charge in [0.2, 0.25) is 0 Å². The van der Waals surface area contributed by atoms with Crippen molar-refractivity contribution in [3.05, 3.63) is 0 Å². The lowest BCUT2D eigenvalue weighted by Gasteiger charge is -2.25. The number of hydrogen-bond donors (Lipinski definition) is 1. The van der Waals surface area contributed by atoms with E-state index in [2.05, 4.69) is 0 Å². The van der Waals surface area contributed by atoms with Crippen molar-refractivity contribution in [2.24, 2.45) is 5.92 Å². The zero-order valence-electron chi connectivity index (χ0n) is 15.0. The van der Waals surface area contributed by atoms with Crippen molar-refractivity contribution < 1.29 is 36.5 Å². The Kier molecular flexibility index (Phi) is 10.3. The van der Waals surface area contributed by atoms with Gasteiger partial charge in [0.1, 0.15) is 0 Å². The minimum atomic E-state index is -4.16. The SMILES string of the molecule is CCCP(=O)(O)OP(=O)(CCC)OP(=O)(CCC)OC(=O)C(C)C. The predicted molar refractivity (Wildman–Crippen MR) is 93.6 cm³/mol. The summed E-state index contributed by atoms with van der Waals surface area (Å²) in [6.45, 7) is 8.16. The van der Waals surface area contributed by atoms with Crippen molar-refractivity contribution in [3.63, 3.8) is 0 Å². The molecule has 24 heavy (non-hydrogen) atoms. The van der Waals surface area contributed by atoms with Crippen molar-refractivity contribution in [3.8, 4) is 0 Å². The van der Waals surface area contributed by atoms with Gasteiger partial charge < -0.3 is 9.42 Å². The molecule has 0 saturated heterocycles. The van der Waals surface area contributed by atoms with Crippen LogP contribution in [0.25, 0.3) is 0 Å². The molecule has 0 saturated carbocycles. The molecule has 0 spiro atoms. The van der Waals surface area contributed by atoms with E-state index in [1.807, 2.05) is 0 Å². The Labute approximate surface area is 144 Å². The molecule has 0 rings (SSSR count). The molecular weight excluding hydrogens is 377 g/mol. The summed E-state index contributed by atoms with van der Waals surface area (Å²) < 4.78 is 52.5. The normalized spacial score (nSPS) is 19.3. The molecule has 3 atom stereocenters. The highest BCUT2D eigenvalue weighted by Gasteiger charge is 2.42. The van der Waals surface area contributed by atoms with E-state index >= 15 is 0 Å². The standard InChI is InChI=1S/C13H29O8P3/c1-6-9-22(15,16)20-24(18,11-8-3)21-23(17,10-7-2)19-13(14)12(4)5/h12H,6-11H2,1-5H3,(H,15,16). The van der Waals surface area contributed by atoms with Gasteiger partial charge in [0.15, 0.2) is 0 Å². The Hall–Kier alpha value is 0.0400. The highest BCUT2D eigenvalue weighted by molar-refractivity contribution is 7.72. The molecule has 0 aromatic heterocycles. The number of carbonyl (C=O) groups is 1. The van der Waals surface area contributed by atoms with Crippen LogP contribution in [-0.4, -0.2) is 29.3 Å². The van der Waals surface area contributed by atoms with Crippen LogP contribution in [0.15, 0.2) is 0 Å². The zero-order valence-corrected chi connectivity index (χ0v) is 17.6. The van der Waals surface area contributed by atoms with Crippen molar-refractivity contribution in [2.45, 2.75) is 53.9 Å². The van der Waals surface area contributed by atoms with Gasteiger partial charge in [-0.05, 0) is 19.3 Å². The van der Waals surface area contributed by atoms with Crippen molar-refractivity contribution in [1.29, 1.82) is 0 Å². The van der Waals surface area contributed by atoms with Gasteiger partial charge in [0.05, 0.1) is 24.4 Å². The van der Waals surface area contributed by atoms with Crippen molar-refractivity contribution in [1.82, 2.24) is 0 Å². The average molecular weight is 406 g/mol. The summed E-state index contributed by atoms with van der Waals surface area (Å²) in [5, 5.41) is 0. The number of carbonyl (C=O) groups excluding carboxylic acids is 1. The van der Waals surface area contributed by atoms with Crippen LogP contribution in [0.4, 0.5) is 0 Å². The monoisotopic (exact) mass is 406 g/mol. The highest BCUT2D eigenvalue weighted by atomic mass is 31.3. The van der Waals surface area contributed by atoms with E-state index in [1.54, 1.807) is 34.6 Å². The highest BCUT2D eigenvalue weighted by Crippen LogP contribution is 2.71. The quantitative estimate of drug-likeness (QED) is 0.449. The Morgan fingerprint density at radius 1 is 0.875 bits per heavy atom. The first-order chi connectivity index (χ1) is 10.9. The lowest BCUT2D eigenvalue weighted by atomic mass is 10.2. The fourth-order valence-electron chi connectivity index (χ4n) is 1.70. The first kappa shape index (κ1) is 24.0. The van der Waals surface area contributed by atoms with Gasteiger partial charge in [0.25, 0.3) is 0 Å². The Bertz CT molecular complexity index is 545. The molecule has 0 aromatic carbocycles. The van der Waals surface area contributed by atoms with Crippen LogP contribution in [0.1, 0.15) is 53.9 Å². The molecule has 1 N–H and O–H groups in total. The minimum absolute atomic E-state index is 0.147. The lowest BCUT2D eigenvalue weighted by Crippen LogP contribution is -2.13. The molecule has 0 heterocycles. The van der Waals surface area contributed by atoms with Gasteiger partial charge in [-0.15, -0.1) is 0 Å². The van der Waals surface area contributed by atoms with Crippen LogP contribution >= 0.6 is 22.8 Å². The third-order valence-electron chi connectivity index (χ3n) is 2.70. The van der Waals surface area contributed by atoms with Crippen LogP contribution in [0.3, 0.4) is 0 Å². The smallest absolute Gasteiger partial charge is 0.388 e. The summed E-state index contributed by atoms with van der Waals surface area (Å²) in [6.07, 6.45) is 0.456. The Morgan fingerprint density at radius 2 is 1.33 bits per heavy atom. The molecule has 0 fully saturated rings. The van der Waals surface area contributed by atoms with E-state index in [1.165, 1.54) is 0 Å². The molecule has 8 nitrogen and oxygen atoms in total. The minimum Gasteiger partial charge on any atom is -0.391 e. The predicted octanol–water partition coefficient (Wildman–Crippen LogP) is 5.02. The molecule has 0 aliphatic heterocycles. The molecule has 0 aliphatic rings. The molecule has 0 amide bonds. The van der Waals surface area contributed by atoms with Crippen molar-refractivity contribution in [2.75, 3.05) is 18.5 Å². The van der Waals surface area contributed by atoms with Gasteiger partial charge in [0, 0.05) is 0 Å². The van der Waals surface area contributed by atoms with E-state index in [0.717, 1.165) is 0 Å². The Balaban J connectivity index is 5.48. The second-order valence-electron chi connectivity index (χ2n) is 5.76. The second-order valence-corrected chi connectivity index (χ2v) is 12.3. The summed E-state index contributed by atoms with van der Waals surface area (Å²) >= 11 is 0. The number of rotatable bonds is 12. The fraction of sp³-hybridized carbons (Fsp3) is 0.923. The summed E-state index contributed by atoms with van der Waals surface area (Å²) in [5.41, 5.74) is 0. The Morgan fingerprint density at radius 3 is 1.75 bits per heavy atom. The van der Waals surface area contributed by atoms with Crippen LogP contribution in [0, 0.1) is 5.92 Å². The zero-order chi connectivity index (χ0) is 19.0. The first-order valence-corrected chi connectivity index (χ1v) is 13.3. The molecular formula is C13H29O8P3. The molecule has 0 bridgehead atoms. The van der Waals surface area contributed by atoms with Crippen LogP contribution < -0.4 is 0 Å². The van der Waals surface area contributed by atoms with Gasteiger partial charge in [-0.1, -0.05) is 34.6 Å². The van der Waals surface area contributed by atoms with Crippen LogP contribution in [0.2, 0.25) is 0 Å². The van der Waals surface area contributed by atoms with Crippen molar-refractivity contribution >= 4 is 28.8 Å². The second kappa shape index (κ2) is 10.3. The number of hydrogen-bond acceptors (Lipinski definition) is 7. The van der Waals surface area contributed by atoms with Gasteiger partial charge in [-0.2, -0.15) is 0 Å². The molecule has 0 aromatic rings. The maximum absolute atomic E-state index is 12.8. The summed E-state index contributed by atoms with van der Waals surface area (Å²) in [5.74, 6) is -1.30. The molecule has 11 heteroatoms. The first-order valence-electron chi connectivity index (χ1n) is 8.08. The van der Waals surface area contributed by atoms with Crippen LogP contribution in [-0.2, 0) is 31.6 Å². The van der Waals surface area contributed by atoms with E-state index in [4.69, 9.17) is 13.1 Å². The summed E-state index contributed by atoms with van der Waals surface area (Å²) in [7, 11) is -12.4. The topological polar surface area (TPSA) is 116 Å². The largest absolute Gasteiger partial charge is 0.391 e. The summed E-state index contributed by atoms with van der Waals surface area (Å²) in [6, 6.07) is 0. The average Bonchev–Trinajstić information content (AvgIpc) is 2.36. The summed E-state index contributed by atoms with van der Waals surface area (Å²) in [4.78, 5) is 21.5. The lowest BCUT2D eigenvalue weighted by molar-refractivity contribution is -0.138. The van der Waals surface area contributed by atoms with E-state index < -0.39 is 34.7 Å². The molecule has 0 aliphatic carbocycles. The molecule has 3 unspecified atom stereocenters. The maximum Gasteiger partial charge on any atom is 0.388 e. The van der Waals surface area contributed by atoms with E-state index in [-0.39, 0.29) is 18.5 Å². The third kappa shape index (κ3) is 8.94. The van der Waals surface area contributed by atoms with E-state index in [9.17, 15) is 23.4 Å². The third-order valence-corrected chi connectivity index (χ3v) is 10.2. The van der Waals surface area contributed by atoms with Gasteiger partial charge in [-0.25, -0.2) is 13.2 Å². The van der Waals surface area contributed by atoms with Gasteiger partial charge >= 0.3 is 28.8 Å².